The molecule has 0 aliphatic carbocycles. The average Bonchev–Trinajstić information content (AvgIpc) is 2.61. The van der Waals surface area contributed by atoms with Gasteiger partial charge in [-0.25, -0.2) is 0 Å². The number of hydrogen-bond donors (Lipinski definition) is 3. The molecule has 2 amide bonds. The molecule has 6 nitrogen and oxygen atoms in total. The second kappa shape index (κ2) is 8.30. The van der Waals surface area contributed by atoms with E-state index in [1.165, 1.54) is 0 Å². The van der Waals surface area contributed by atoms with Crippen LogP contribution in [0.1, 0.15) is 17.2 Å². The lowest BCUT2D eigenvalue weighted by atomic mass is 10.1. The molecule has 1 unspecified atom stereocenters. The Morgan fingerprint density at radius 1 is 1.00 bits per heavy atom. The maximum Gasteiger partial charge on any atom is 0.313 e. The van der Waals surface area contributed by atoms with Crippen molar-refractivity contribution < 1.29 is 14.7 Å². The number of amides is 2. The van der Waals surface area contributed by atoms with E-state index in [2.05, 4.69) is 10.6 Å². The van der Waals surface area contributed by atoms with E-state index >= 15 is 0 Å². The van der Waals surface area contributed by atoms with E-state index in [9.17, 15) is 14.7 Å². The maximum atomic E-state index is 11.9. The Hall–Kier alpha value is -2.86. The highest BCUT2D eigenvalue weighted by Gasteiger charge is 2.16. The van der Waals surface area contributed by atoms with Gasteiger partial charge in [0.15, 0.2) is 0 Å². The Morgan fingerprint density at radius 2 is 1.60 bits per heavy atom. The van der Waals surface area contributed by atoms with E-state index in [0.29, 0.717) is 11.3 Å². The van der Waals surface area contributed by atoms with Gasteiger partial charge in [-0.05, 0) is 36.8 Å². The van der Waals surface area contributed by atoms with Crippen LogP contribution < -0.4 is 15.5 Å². The summed E-state index contributed by atoms with van der Waals surface area (Å²) in [6.07, 6.45) is -0.882. The normalized spacial score (nSPS) is 11.5. The number of carbonyl (C=O) groups excluding carboxylic acids is 2. The van der Waals surface area contributed by atoms with Gasteiger partial charge in [-0.3, -0.25) is 9.59 Å². The highest BCUT2D eigenvalue weighted by molar-refractivity contribution is 6.39. The van der Waals surface area contributed by atoms with E-state index in [0.717, 1.165) is 11.3 Å². The van der Waals surface area contributed by atoms with Gasteiger partial charge in [0.1, 0.15) is 0 Å². The standard InChI is InChI=1S/C19H23N3O3/c1-13-4-8-15(9-5-13)21-19(25)18(24)20-12-17(23)14-6-10-16(11-7-14)22(2)3/h4-11,17,23H,12H2,1-3H3,(H,20,24)(H,21,25). The smallest absolute Gasteiger partial charge is 0.313 e. The van der Waals surface area contributed by atoms with Gasteiger partial charge in [0.25, 0.3) is 0 Å². The minimum absolute atomic E-state index is 0.0402. The number of hydrogen-bond acceptors (Lipinski definition) is 4. The van der Waals surface area contributed by atoms with Crippen LogP contribution in [-0.2, 0) is 9.59 Å². The van der Waals surface area contributed by atoms with Crippen molar-refractivity contribution >= 4 is 23.2 Å². The van der Waals surface area contributed by atoms with Crippen LogP contribution in [0.3, 0.4) is 0 Å². The van der Waals surface area contributed by atoms with Gasteiger partial charge in [0, 0.05) is 32.0 Å². The molecule has 0 fully saturated rings. The van der Waals surface area contributed by atoms with Crippen LogP contribution in [-0.4, -0.2) is 37.6 Å². The van der Waals surface area contributed by atoms with Crippen molar-refractivity contribution in [1.29, 1.82) is 0 Å². The molecule has 0 saturated heterocycles. The average molecular weight is 341 g/mol. The number of aliphatic hydroxyl groups excluding tert-OH is 1. The van der Waals surface area contributed by atoms with Crippen molar-refractivity contribution in [3.05, 3.63) is 59.7 Å². The molecule has 2 rings (SSSR count). The Kier molecular flexibility index (Phi) is 6.14. The molecule has 0 aromatic heterocycles. The zero-order valence-electron chi connectivity index (χ0n) is 14.6. The molecular formula is C19H23N3O3. The third kappa shape index (κ3) is 5.32. The molecule has 0 spiro atoms. The Morgan fingerprint density at radius 3 is 2.16 bits per heavy atom. The predicted octanol–water partition coefficient (Wildman–Crippen LogP) is 1.85. The summed E-state index contributed by atoms with van der Waals surface area (Å²) >= 11 is 0. The third-order valence-electron chi connectivity index (χ3n) is 3.77. The summed E-state index contributed by atoms with van der Waals surface area (Å²) in [5.41, 5.74) is 3.29. The second-order valence-corrected chi connectivity index (χ2v) is 6.03. The minimum Gasteiger partial charge on any atom is -0.387 e. The number of benzene rings is 2. The number of aryl methyl sites for hydroxylation is 1. The molecular weight excluding hydrogens is 318 g/mol. The molecule has 25 heavy (non-hydrogen) atoms. The SMILES string of the molecule is Cc1ccc(NC(=O)C(=O)NCC(O)c2ccc(N(C)C)cc2)cc1. The van der Waals surface area contributed by atoms with Gasteiger partial charge in [-0.1, -0.05) is 29.8 Å². The first-order valence-electron chi connectivity index (χ1n) is 7.98. The molecule has 132 valence electrons. The minimum atomic E-state index is -0.882. The molecule has 0 aliphatic heterocycles. The number of nitrogens with one attached hydrogen (secondary N) is 2. The Bertz CT molecular complexity index is 725. The fourth-order valence-electron chi connectivity index (χ4n) is 2.21. The highest BCUT2D eigenvalue weighted by atomic mass is 16.3. The monoisotopic (exact) mass is 341 g/mol. The first-order chi connectivity index (χ1) is 11.9. The zero-order chi connectivity index (χ0) is 18.4. The topological polar surface area (TPSA) is 81.7 Å². The summed E-state index contributed by atoms with van der Waals surface area (Å²) in [4.78, 5) is 25.7. The summed E-state index contributed by atoms with van der Waals surface area (Å²) in [7, 11) is 3.86. The van der Waals surface area contributed by atoms with Crippen molar-refractivity contribution in [3.63, 3.8) is 0 Å². The molecule has 3 N–H and O–H groups in total. The Balaban J connectivity index is 1.85. The van der Waals surface area contributed by atoms with E-state index < -0.39 is 17.9 Å². The number of carbonyl (C=O) groups is 2. The van der Waals surface area contributed by atoms with E-state index in [4.69, 9.17) is 0 Å². The van der Waals surface area contributed by atoms with Gasteiger partial charge in [0.2, 0.25) is 0 Å². The largest absolute Gasteiger partial charge is 0.387 e. The zero-order valence-corrected chi connectivity index (χ0v) is 14.6. The first-order valence-corrected chi connectivity index (χ1v) is 7.98. The van der Waals surface area contributed by atoms with Crippen LogP contribution >= 0.6 is 0 Å². The van der Waals surface area contributed by atoms with E-state index in [-0.39, 0.29) is 6.54 Å². The summed E-state index contributed by atoms with van der Waals surface area (Å²) in [5.74, 6) is -1.55. The van der Waals surface area contributed by atoms with Crippen molar-refractivity contribution in [2.75, 3.05) is 30.9 Å². The van der Waals surface area contributed by atoms with Crippen LogP contribution in [0.2, 0.25) is 0 Å². The van der Waals surface area contributed by atoms with Crippen molar-refractivity contribution in [2.45, 2.75) is 13.0 Å². The lowest BCUT2D eigenvalue weighted by Gasteiger charge is -2.15. The van der Waals surface area contributed by atoms with Crippen molar-refractivity contribution in [1.82, 2.24) is 5.32 Å². The van der Waals surface area contributed by atoms with Gasteiger partial charge < -0.3 is 20.6 Å². The Labute approximate surface area is 147 Å². The fourth-order valence-corrected chi connectivity index (χ4v) is 2.21. The molecule has 0 bridgehead atoms. The maximum absolute atomic E-state index is 11.9. The molecule has 6 heteroatoms. The number of aliphatic hydroxyl groups is 1. The van der Waals surface area contributed by atoms with Crippen LogP contribution in [0.5, 0.6) is 0 Å². The lowest BCUT2D eigenvalue weighted by Crippen LogP contribution is -2.37. The van der Waals surface area contributed by atoms with Gasteiger partial charge in [-0.15, -0.1) is 0 Å². The molecule has 0 saturated carbocycles. The molecule has 0 heterocycles. The van der Waals surface area contributed by atoms with E-state index in [1.807, 2.05) is 50.2 Å². The summed E-state index contributed by atoms with van der Waals surface area (Å²) in [6, 6.07) is 14.5. The van der Waals surface area contributed by atoms with Crippen molar-refractivity contribution in [3.8, 4) is 0 Å². The number of nitrogens with zero attached hydrogens (tertiary/aromatic N) is 1. The summed E-state index contributed by atoms with van der Waals surface area (Å²) < 4.78 is 0. The molecule has 0 aliphatic rings. The quantitative estimate of drug-likeness (QED) is 0.725. The van der Waals surface area contributed by atoms with Gasteiger partial charge in [-0.2, -0.15) is 0 Å². The van der Waals surface area contributed by atoms with Gasteiger partial charge >= 0.3 is 11.8 Å². The van der Waals surface area contributed by atoms with E-state index in [1.54, 1.807) is 24.3 Å². The predicted molar refractivity (Wildman–Crippen MR) is 98.5 cm³/mol. The number of anilines is 2. The highest BCUT2D eigenvalue weighted by Crippen LogP contribution is 2.17. The molecule has 2 aromatic carbocycles. The van der Waals surface area contributed by atoms with Crippen LogP contribution in [0.4, 0.5) is 11.4 Å². The number of rotatable bonds is 5. The first kappa shape index (κ1) is 18.5. The fraction of sp³-hybridized carbons (Fsp3) is 0.263. The molecule has 2 aromatic rings. The second-order valence-electron chi connectivity index (χ2n) is 6.03. The van der Waals surface area contributed by atoms with Crippen molar-refractivity contribution in [2.24, 2.45) is 0 Å². The van der Waals surface area contributed by atoms with Crippen LogP contribution in [0.25, 0.3) is 0 Å². The van der Waals surface area contributed by atoms with Crippen LogP contribution in [0.15, 0.2) is 48.5 Å². The van der Waals surface area contributed by atoms with Crippen LogP contribution in [0, 0.1) is 6.92 Å². The lowest BCUT2D eigenvalue weighted by molar-refractivity contribution is -0.136. The molecule has 1 atom stereocenters. The summed E-state index contributed by atoms with van der Waals surface area (Å²) in [6.45, 7) is 1.90. The molecule has 0 radical (unpaired) electrons. The summed E-state index contributed by atoms with van der Waals surface area (Å²) in [5, 5.41) is 15.1. The third-order valence-corrected chi connectivity index (χ3v) is 3.77. The van der Waals surface area contributed by atoms with Gasteiger partial charge in [0.05, 0.1) is 6.10 Å².